The molecule has 2 heteroatoms. The first-order chi connectivity index (χ1) is 7.97. The zero-order valence-corrected chi connectivity index (χ0v) is 11.3. The van der Waals surface area contributed by atoms with Crippen molar-refractivity contribution >= 4 is 5.78 Å². The molecule has 0 unspecified atom stereocenters. The molecule has 0 aromatic rings. The molecule has 1 aliphatic carbocycles. The molecular weight excluding hydrogens is 212 g/mol. The number of allylic oxidation sites excluding steroid dienone is 1. The Morgan fingerprint density at radius 3 is 2.59 bits per heavy atom. The lowest BCUT2D eigenvalue weighted by Crippen LogP contribution is -2.42. The fourth-order valence-corrected chi connectivity index (χ4v) is 3.18. The molecule has 0 aromatic heterocycles. The van der Waals surface area contributed by atoms with Crippen molar-refractivity contribution in [3.05, 3.63) is 12.3 Å². The molecule has 1 spiro atoms. The van der Waals surface area contributed by atoms with Crippen molar-refractivity contribution in [1.29, 1.82) is 0 Å². The van der Waals surface area contributed by atoms with Crippen LogP contribution in [0.3, 0.4) is 0 Å². The van der Waals surface area contributed by atoms with Gasteiger partial charge in [-0.2, -0.15) is 0 Å². The molecule has 0 amide bonds. The normalized spacial score (nSPS) is 33.8. The highest BCUT2D eigenvalue weighted by atomic mass is 16.5. The third-order valence-corrected chi connectivity index (χ3v) is 4.98. The second-order valence-electron chi connectivity index (χ2n) is 6.36. The molecule has 2 rings (SSSR count). The average molecular weight is 236 g/mol. The van der Waals surface area contributed by atoms with Gasteiger partial charge in [-0.05, 0) is 37.0 Å². The van der Waals surface area contributed by atoms with E-state index in [0.29, 0.717) is 11.8 Å². The molecule has 96 valence electrons. The van der Waals surface area contributed by atoms with Crippen LogP contribution in [0.5, 0.6) is 0 Å². The van der Waals surface area contributed by atoms with Gasteiger partial charge in [0.1, 0.15) is 5.60 Å². The van der Waals surface area contributed by atoms with Crippen LogP contribution in [0, 0.1) is 11.3 Å². The molecule has 0 radical (unpaired) electrons. The van der Waals surface area contributed by atoms with Crippen LogP contribution in [0.15, 0.2) is 12.3 Å². The Balaban J connectivity index is 1.98. The van der Waals surface area contributed by atoms with Crippen molar-refractivity contribution in [2.45, 2.75) is 64.9 Å². The molecular formula is C15H24O2. The summed E-state index contributed by atoms with van der Waals surface area (Å²) in [5, 5.41) is 0. The maximum absolute atomic E-state index is 11.5. The third-order valence-electron chi connectivity index (χ3n) is 4.98. The van der Waals surface area contributed by atoms with Crippen LogP contribution >= 0.6 is 0 Å². The van der Waals surface area contributed by atoms with Gasteiger partial charge in [-0.25, -0.2) is 0 Å². The number of ether oxygens (including phenoxy) is 1. The smallest absolute Gasteiger partial charge is 0.162 e. The largest absolute Gasteiger partial charge is 0.494 e. The van der Waals surface area contributed by atoms with Gasteiger partial charge in [-0.15, -0.1) is 0 Å². The van der Waals surface area contributed by atoms with Gasteiger partial charge in [0, 0.05) is 6.08 Å². The van der Waals surface area contributed by atoms with Crippen LogP contribution < -0.4 is 0 Å². The molecule has 1 saturated carbocycles. The minimum Gasteiger partial charge on any atom is -0.494 e. The lowest BCUT2D eigenvalue weighted by molar-refractivity contribution is -0.126. The van der Waals surface area contributed by atoms with Gasteiger partial charge in [0.05, 0.1) is 12.7 Å². The first-order valence-corrected chi connectivity index (χ1v) is 6.85. The minimum absolute atomic E-state index is 0.161. The quantitative estimate of drug-likeness (QED) is 0.728. The van der Waals surface area contributed by atoms with Crippen molar-refractivity contribution < 1.29 is 9.53 Å². The lowest BCUT2D eigenvalue weighted by Gasteiger charge is -2.45. The zero-order valence-electron chi connectivity index (χ0n) is 11.3. The van der Waals surface area contributed by atoms with Gasteiger partial charge in [0.15, 0.2) is 5.78 Å². The first-order valence-electron chi connectivity index (χ1n) is 6.85. The summed E-state index contributed by atoms with van der Waals surface area (Å²) in [5.41, 5.74) is 0.266. The maximum atomic E-state index is 11.5. The van der Waals surface area contributed by atoms with Crippen molar-refractivity contribution in [3.63, 3.8) is 0 Å². The van der Waals surface area contributed by atoms with Crippen molar-refractivity contribution in [1.82, 2.24) is 0 Å². The Morgan fingerprint density at radius 2 is 2.06 bits per heavy atom. The second kappa shape index (κ2) is 4.47. The predicted octanol–water partition coefficient (Wildman–Crippen LogP) is 3.85. The predicted molar refractivity (Wildman–Crippen MR) is 68.6 cm³/mol. The zero-order chi connectivity index (χ0) is 12.5. The van der Waals surface area contributed by atoms with Crippen LogP contribution in [-0.4, -0.2) is 11.4 Å². The van der Waals surface area contributed by atoms with Crippen LogP contribution in [0.1, 0.15) is 59.3 Å². The van der Waals surface area contributed by atoms with Crippen molar-refractivity contribution in [2.75, 3.05) is 0 Å². The summed E-state index contributed by atoms with van der Waals surface area (Å²) >= 11 is 0. The van der Waals surface area contributed by atoms with E-state index in [1.54, 1.807) is 12.3 Å². The molecule has 0 N–H and O–H groups in total. The Kier molecular flexibility index (Phi) is 3.33. The Morgan fingerprint density at radius 1 is 1.41 bits per heavy atom. The lowest BCUT2D eigenvalue weighted by atomic mass is 9.65. The van der Waals surface area contributed by atoms with E-state index < -0.39 is 0 Å². The highest BCUT2D eigenvalue weighted by Crippen LogP contribution is 2.46. The van der Waals surface area contributed by atoms with E-state index in [0.717, 1.165) is 18.8 Å². The standard InChI is InChI=1S/C15H24O2/c1-4-14(2,3)12-5-8-15(9-6-12)11-13(16)7-10-17-15/h7,10,12H,4-6,8-9,11H2,1-3H3. The Labute approximate surface area is 104 Å². The van der Waals surface area contributed by atoms with Crippen LogP contribution in [-0.2, 0) is 9.53 Å². The summed E-state index contributed by atoms with van der Waals surface area (Å²) in [7, 11) is 0. The number of hydrogen-bond donors (Lipinski definition) is 0. The molecule has 1 fully saturated rings. The fraction of sp³-hybridized carbons (Fsp3) is 0.800. The molecule has 1 aliphatic heterocycles. The summed E-state index contributed by atoms with van der Waals surface area (Å²) < 4.78 is 5.77. The fourth-order valence-electron chi connectivity index (χ4n) is 3.18. The van der Waals surface area contributed by atoms with Crippen molar-refractivity contribution in [3.8, 4) is 0 Å². The maximum Gasteiger partial charge on any atom is 0.162 e. The SMILES string of the molecule is CCC(C)(C)C1CCC2(CC1)CC(=O)C=CO2. The van der Waals surface area contributed by atoms with Crippen LogP contribution in [0.25, 0.3) is 0 Å². The number of carbonyl (C=O) groups excluding carboxylic acids is 1. The molecule has 2 aliphatic rings. The topological polar surface area (TPSA) is 26.3 Å². The van der Waals surface area contributed by atoms with Crippen LogP contribution in [0.2, 0.25) is 0 Å². The average Bonchev–Trinajstić information content (AvgIpc) is 2.29. The molecule has 0 bridgehead atoms. The minimum atomic E-state index is -0.161. The highest BCUT2D eigenvalue weighted by Gasteiger charge is 2.42. The molecule has 0 aromatic carbocycles. The molecule has 0 atom stereocenters. The number of carbonyl (C=O) groups is 1. The summed E-state index contributed by atoms with van der Waals surface area (Å²) in [6.07, 6.45) is 9.45. The molecule has 0 saturated heterocycles. The number of rotatable bonds is 2. The molecule has 1 heterocycles. The number of ketones is 1. The van der Waals surface area contributed by atoms with E-state index in [1.807, 2.05) is 0 Å². The Hall–Kier alpha value is -0.790. The summed E-state index contributed by atoms with van der Waals surface area (Å²) in [5.74, 6) is 1.01. The van der Waals surface area contributed by atoms with Crippen LogP contribution in [0.4, 0.5) is 0 Å². The van der Waals surface area contributed by atoms with Gasteiger partial charge in [-0.1, -0.05) is 27.2 Å². The van der Waals surface area contributed by atoms with E-state index >= 15 is 0 Å². The summed E-state index contributed by atoms with van der Waals surface area (Å²) in [6, 6.07) is 0. The second-order valence-corrected chi connectivity index (χ2v) is 6.36. The van der Waals surface area contributed by atoms with Gasteiger partial charge >= 0.3 is 0 Å². The van der Waals surface area contributed by atoms with Gasteiger partial charge < -0.3 is 4.74 Å². The molecule has 2 nitrogen and oxygen atoms in total. The van der Waals surface area contributed by atoms with Gasteiger partial charge in [-0.3, -0.25) is 4.79 Å². The van der Waals surface area contributed by atoms with Gasteiger partial charge in [0.25, 0.3) is 0 Å². The van der Waals surface area contributed by atoms with E-state index in [4.69, 9.17) is 4.74 Å². The van der Waals surface area contributed by atoms with E-state index in [2.05, 4.69) is 20.8 Å². The van der Waals surface area contributed by atoms with Crippen molar-refractivity contribution in [2.24, 2.45) is 11.3 Å². The Bertz CT molecular complexity index is 320. The summed E-state index contributed by atoms with van der Waals surface area (Å²) in [6.45, 7) is 7.00. The van der Waals surface area contributed by atoms with E-state index in [9.17, 15) is 4.79 Å². The van der Waals surface area contributed by atoms with E-state index in [-0.39, 0.29) is 11.4 Å². The highest BCUT2D eigenvalue weighted by molar-refractivity contribution is 5.90. The van der Waals surface area contributed by atoms with E-state index in [1.165, 1.54) is 19.3 Å². The number of hydrogen-bond acceptors (Lipinski definition) is 2. The third kappa shape index (κ3) is 2.56. The summed E-state index contributed by atoms with van der Waals surface area (Å²) in [4.78, 5) is 11.5. The first kappa shape index (κ1) is 12.7. The monoisotopic (exact) mass is 236 g/mol. The molecule has 17 heavy (non-hydrogen) atoms. The van der Waals surface area contributed by atoms with Gasteiger partial charge in [0.2, 0.25) is 0 Å².